The number of carbonyl (C=O) groups is 1. The SMILES string of the molecule is COc1cccc(C(=O)OCc2ccc(O)cc2)c1N. The van der Waals surface area contributed by atoms with Crippen molar-refractivity contribution in [2.75, 3.05) is 12.8 Å². The largest absolute Gasteiger partial charge is 0.508 e. The number of phenols is 1. The van der Waals surface area contributed by atoms with Gasteiger partial charge in [0, 0.05) is 0 Å². The smallest absolute Gasteiger partial charge is 0.340 e. The van der Waals surface area contributed by atoms with Gasteiger partial charge in [-0.15, -0.1) is 0 Å². The number of aromatic hydroxyl groups is 1. The molecule has 2 aromatic carbocycles. The van der Waals surface area contributed by atoms with Crippen molar-refractivity contribution in [2.24, 2.45) is 0 Å². The number of rotatable bonds is 4. The molecule has 104 valence electrons. The van der Waals surface area contributed by atoms with E-state index < -0.39 is 5.97 Å². The number of hydrogen-bond donors (Lipinski definition) is 2. The molecular formula is C15H15NO4. The van der Waals surface area contributed by atoms with E-state index in [1.165, 1.54) is 19.2 Å². The summed E-state index contributed by atoms with van der Waals surface area (Å²) in [6.45, 7) is 0.107. The van der Waals surface area contributed by atoms with E-state index in [9.17, 15) is 4.79 Å². The van der Waals surface area contributed by atoms with E-state index >= 15 is 0 Å². The molecule has 0 bridgehead atoms. The van der Waals surface area contributed by atoms with Gasteiger partial charge in [0.05, 0.1) is 18.4 Å². The lowest BCUT2D eigenvalue weighted by molar-refractivity contribution is 0.0473. The van der Waals surface area contributed by atoms with Crippen LogP contribution in [0.4, 0.5) is 5.69 Å². The average Bonchev–Trinajstić information content (AvgIpc) is 2.46. The normalized spacial score (nSPS) is 10.1. The second-order valence-electron chi connectivity index (χ2n) is 4.16. The van der Waals surface area contributed by atoms with Crippen molar-refractivity contribution in [1.82, 2.24) is 0 Å². The summed E-state index contributed by atoms with van der Waals surface area (Å²) in [5.74, 6) is 0.0793. The Morgan fingerprint density at radius 3 is 2.55 bits per heavy atom. The number of para-hydroxylation sites is 1. The Morgan fingerprint density at radius 1 is 1.20 bits per heavy atom. The molecule has 0 atom stereocenters. The van der Waals surface area contributed by atoms with E-state index in [4.69, 9.17) is 20.3 Å². The standard InChI is InChI=1S/C15H15NO4/c1-19-13-4-2-3-12(14(13)16)15(18)20-9-10-5-7-11(17)8-6-10/h2-8,17H,9,16H2,1H3. The second-order valence-corrected chi connectivity index (χ2v) is 4.16. The van der Waals surface area contributed by atoms with E-state index in [0.29, 0.717) is 5.75 Å². The first-order valence-corrected chi connectivity index (χ1v) is 5.99. The minimum absolute atomic E-state index is 0.107. The highest BCUT2D eigenvalue weighted by Gasteiger charge is 2.14. The minimum atomic E-state index is -0.519. The van der Waals surface area contributed by atoms with Crippen LogP contribution >= 0.6 is 0 Å². The van der Waals surface area contributed by atoms with Crippen LogP contribution in [0.25, 0.3) is 0 Å². The predicted molar refractivity (Wildman–Crippen MR) is 74.6 cm³/mol. The molecule has 0 radical (unpaired) electrons. The number of anilines is 1. The highest BCUT2D eigenvalue weighted by atomic mass is 16.5. The van der Waals surface area contributed by atoms with Crippen molar-refractivity contribution in [1.29, 1.82) is 0 Å². The van der Waals surface area contributed by atoms with Crippen molar-refractivity contribution < 1.29 is 19.4 Å². The zero-order valence-corrected chi connectivity index (χ0v) is 11.0. The highest BCUT2D eigenvalue weighted by Crippen LogP contribution is 2.25. The van der Waals surface area contributed by atoms with Crippen LogP contribution in [-0.2, 0) is 11.3 Å². The first-order valence-electron chi connectivity index (χ1n) is 5.99. The predicted octanol–water partition coefficient (Wildman–Crippen LogP) is 2.34. The molecule has 5 heteroatoms. The molecule has 0 heterocycles. The molecule has 5 nitrogen and oxygen atoms in total. The van der Waals surface area contributed by atoms with Gasteiger partial charge < -0.3 is 20.3 Å². The molecule has 0 saturated heterocycles. The Bertz CT molecular complexity index is 608. The summed E-state index contributed by atoms with van der Waals surface area (Å²) >= 11 is 0. The Morgan fingerprint density at radius 2 is 1.90 bits per heavy atom. The third-order valence-corrected chi connectivity index (χ3v) is 2.81. The monoisotopic (exact) mass is 273 g/mol. The van der Waals surface area contributed by atoms with Crippen LogP contribution in [0.5, 0.6) is 11.5 Å². The molecule has 0 unspecified atom stereocenters. The van der Waals surface area contributed by atoms with Crippen molar-refractivity contribution in [3.05, 3.63) is 53.6 Å². The molecule has 2 aromatic rings. The van der Waals surface area contributed by atoms with Crippen LogP contribution in [0, 0.1) is 0 Å². The molecule has 0 aromatic heterocycles. The van der Waals surface area contributed by atoms with Gasteiger partial charge in [-0.05, 0) is 29.8 Å². The highest BCUT2D eigenvalue weighted by molar-refractivity contribution is 5.96. The fourth-order valence-electron chi connectivity index (χ4n) is 1.72. The number of hydrogen-bond acceptors (Lipinski definition) is 5. The Kier molecular flexibility index (Phi) is 4.10. The molecule has 0 fully saturated rings. The van der Waals surface area contributed by atoms with Gasteiger partial charge >= 0.3 is 5.97 Å². The van der Waals surface area contributed by atoms with Gasteiger partial charge in [-0.25, -0.2) is 4.79 Å². The number of esters is 1. The molecule has 2 rings (SSSR count). The molecule has 20 heavy (non-hydrogen) atoms. The third-order valence-electron chi connectivity index (χ3n) is 2.81. The fourth-order valence-corrected chi connectivity index (χ4v) is 1.72. The summed E-state index contributed by atoms with van der Waals surface area (Å²) in [6, 6.07) is 11.3. The number of methoxy groups -OCH3 is 1. The van der Waals surface area contributed by atoms with E-state index in [-0.39, 0.29) is 23.6 Å². The summed E-state index contributed by atoms with van der Waals surface area (Å²) < 4.78 is 10.2. The third kappa shape index (κ3) is 3.00. The van der Waals surface area contributed by atoms with Gasteiger partial charge in [0.15, 0.2) is 0 Å². The number of benzene rings is 2. The van der Waals surface area contributed by atoms with Crippen LogP contribution < -0.4 is 10.5 Å². The van der Waals surface area contributed by atoms with Crippen LogP contribution in [-0.4, -0.2) is 18.2 Å². The molecule has 0 aliphatic rings. The van der Waals surface area contributed by atoms with Crippen molar-refractivity contribution in [2.45, 2.75) is 6.61 Å². The van der Waals surface area contributed by atoms with E-state index in [1.807, 2.05) is 0 Å². The number of carbonyl (C=O) groups excluding carboxylic acids is 1. The van der Waals surface area contributed by atoms with Crippen LogP contribution in [0.3, 0.4) is 0 Å². The van der Waals surface area contributed by atoms with Gasteiger partial charge in [0.1, 0.15) is 18.1 Å². The quantitative estimate of drug-likeness (QED) is 0.660. The molecule has 0 aliphatic heterocycles. The zero-order valence-electron chi connectivity index (χ0n) is 11.0. The summed E-state index contributed by atoms with van der Waals surface area (Å²) in [5, 5.41) is 9.17. The van der Waals surface area contributed by atoms with Crippen LogP contribution in [0.15, 0.2) is 42.5 Å². The van der Waals surface area contributed by atoms with E-state index in [1.54, 1.807) is 30.3 Å². The lowest BCUT2D eigenvalue weighted by atomic mass is 10.1. The first-order chi connectivity index (χ1) is 9.61. The van der Waals surface area contributed by atoms with Crippen molar-refractivity contribution >= 4 is 11.7 Å². The van der Waals surface area contributed by atoms with Crippen LogP contribution in [0.2, 0.25) is 0 Å². The summed E-state index contributed by atoms with van der Waals surface area (Å²) in [4.78, 5) is 12.0. The summed E-state index contributed by atoms with van der Waals surface area (Å²) in [6.07, 6.45) is 0. The minimum Gasteiger partial charge on any atom is -0.508 e. The number of phenolic OH excluding ortho intramolecular Hbond substituents is 1. The average molecular weight is 273 g/mol. The molecule has 3 N–H and O–H groups in total. The topological polar surface area (TPSA) is 81.8 Å². The fraction of sp³-hybridized carbons (Fsp3) is 0.133. The van der Waals surface area contributed by atoms with E-state index in [2.05, 4.69) is 0 Å². The first kappa shape index (κ1) is 13.7. The van der Waals surface area contributed by atoms with Gasteiger partial charge in [-0.1, -0.05) is 18.2 Å². The Labute approximate surface area is 116 Å². The second kappa shape index (κ2) is 5.97. The van der Waals surface area contributed by atoms with Crippen molar-refractivity contribution in [3.63, 3.8) is 0 Å². The Balaban J connectivity index is 2.07. The van der Waals surface area contributed by atoms with Gasteiger partial charge in [-0.2, -0.15) is 0 Å². The van der Waals surface area contributed by atoms with Crippen LogP contribution in [0.1, 0.15) is 15.9 Å². The zero-order chi connectivity index (χ0) is 14.5. The van der Waals surface area contributed by atoms with Gasteiger partial charge in [0.2, 0.25) is 0 Å². The maximum atomic E-state index is 12.0. The number of nitrogen functional groups attached to an aromatic ring is 1. The molecule has 0 spiro atoms. The van der Waals surface area contributed by atoms with Crippen molar-refractivity contribution in [3.8, 4) is 11.5 Å². The lowest BCUT2D eigenvalue weighted by Crippen LogP contribution is -2.09. The van der Waals surface area contributed by atoms with Gasteiger partial charge in [-0.3, -0.25) is 0 Å². The summed E-state index contributed by atoms with van der Waals surface area (Å²) in [7, 11) is 1.48. The molecular weight excluding hydrogens is 258 g/mol. The molecule has 0 saturated carbocycles. The van der Waals surface area contributed by atoms with E-state index in [0.717, 1.165) is 5.56 Å². The summed E-state index contributed by atoms with van der Waals surface area (Å²) in [5.41, 5.74) is 7.12. The Hall–Kier alpha value is -2.69. The number of nitrogens with two attached hydrogens (primary N) is 1. The molecule has 0 aliphatic carbocycles. The lowest BCUT2D eigenvalue weighted by Gasteiger charge is -2.10. The van der Waals surface area contributed by atoms with Gasteiger partial charge in [0.25, 0.3) is 0 Å². The number of ether oxygens (including phenoxy) is 2. The maximum absolute atomic E-state index is 12.0. The molecule has 0 amide bonds. The maximum Gasteiger partial charge on any atom is 0.340 e.